The highest BCUT2D eigenvalue weighted by atomic mass is 15.4. The van der Waals surface area contributed by atoms with Crippen LogP contribution in [0.25, 0.3) is 0 Å². The van der Waals surface area contributed by atoms with Crippen LogP contribution in [0.15, 0.2) is 0 Å². The summed E-state index contributed by atoms with van der Waals surface area (Å²) >= 11 is 0. The van der Waals surface area contributed by atoms with Crippen molar-refractivity contribution >= 4 is 0 Å². The van der Waals surface area contributed by atoms with Crippen LogP contribution in [0.1, 0.15) is 12.8 Å². The van der Waals surface area contributed by atoms with Gasteiger partial charge in [0, 0.05) is 13.1 Å². The summed E-state index contributed by atoms with van der Waals surface area (Å²) < 4.78 is 0. The Kier molecular flexibility index (Phi) is 2.45. The molecule has 54 valence electrons. The second kappa shape index (κ2) is 3.15. The van der Waals surface area contributed by atoms with Crippen LogP contribution in [0.4, 0.5) is 0 Å². The van der Waals surface area contributed by atoms with Gasteiger partial charge in [0.1, 0.15) is 0 Å². The van der Waals surface area contributed by atoms with E-state index in [-0.39, 0.29) is 0 Å². The van der Waals surface area contributed by atoms with E-state index in [1.807, 2.05) is 5.01 Å². The summed E-state index contributed by atoms with van der Waals surface area (Å²) in [5.74, 6) is 6.22. The Balaban J connectivity index is 2.23. The molecule has 0 aromatic rings. The fourth-order valence-electron chi connectivity index (χ4n) is 1.29. The standard InChI is InChI=1S/C6H15N3/c7-4-6-2-1-3-9(8)5-6/h6H,1-5,7-8H2/t6-/m0/s1. The van der Waals surface area contributed by atoms with Crippen molar-refractivity contribution in [3.63, 3.8) is 0 Å². The molecule has 0 unspecified atom stereocenters. The van der Waals surface area contributed by atoms with Crippen LogP contribution in [0.2, 0.25) is 0 Å². The average Bonchev–Trinajstić information content (AvgIpc) is 1.88. The Bertz CT molecular complexity index is 84.4. The average molecular weight is 129 g/mol. The van der Waals surface area contributed by atoms with Crippen LogP contribution in [-0.4, -0.2) is 24.6 Å². The highest BCUT2D eigenvalue weighted by Gasteiger charge is 2.14. The number of hydrogen-bond donors (Lipinski definition) is 2. The molecule has 0 amide bonds. The van der Waals surface area contributed by atoms with E-state index in [2.05, 4.69) is 0 Å². The predicted molar refractivity (Wildman–Crippen MR) is 37.5 cm³/mol. The molecule has 3 heteroatoms. The van der Waals surface area contributed by atoms with Gasteiger partial charge in [-0.15, -0.1) is 0 Å². The lowest BCUT2D eigenvalue weighted by Gasteiger charge is -2.27. The lowest BCUT2D eigenvalue weighted by atomic mass is 10.00. The number of rotatable bonds is 1. The van der Waals surface area contributed by atoms with E-state index in [1.165, 1.54) is 12.8 Å². The molecule has 0 saturated carbocycles. The van der Waals surface area contributed by atoms with Crippen molar-refractivity contribution in [1.29, 1.82) is 0 Å². The molecule has 0 aromatic heterocycles. The number of piperidine rings is 1. The van der Waals surface area contributed by atoms with Crippen molar-refractivity contribution < 1.29 is 0 Å². The summed E-state index contributed by atoms with van der Waals surface area (Å²) in [4.78, 5) is 0. The number of nitrogens with zero attached hydrogens (tertiary/aromatic N) is 1. The van der Waals surface area contributed by atoms with Gasteiger partial charge in [-0.05, 0) is 25.3 Å². The molecule has 3 nitrogen and oxygen atoms in total. The van der Waals surface area contributed by atoms with Crippen LogP contribution >= 0.6 is 0 Å². The highest BCUT2D eigenvalue weighted by Crippen LogP contribution is 2.11. The molecular formula is C6H15N3. The van der Waals surface area contributed by atoms with Crippen molar-refractivity contribution in [3.05, 3.63) is 0 Å². The van der Waals surface area contributed by atoms with E-state index >= 15 is 0 Å². The Hall–Kier alpha value is -0.120. The minimum atomic E-state index is 0.642. The molecule has 4 N–H and O–H groups in total. The van der Waals surface area contributed by atoms with Gasteiger partial charge < -0.3 is 5.73 Å². The lowest BCUT2D eigenvalue weighted by Crippen LogP contribution is -2.42. The van der Waals surface area contributed by atoms with Gasteiger partial charge in [-0.25, -0.2) is 5.01 Å². The van der Waals surface area contributed by atoms with Gasteiger partial charge in [-0.1, -0.05) is 0 Å². The van der Waals surface area contributed by atoms with Crippen molar-refractivity contribution in [2.75, 3.05) is 19.6 Å². The molecule has 0 aromatic carbocycles. The molecule has 1 atom stereocenters. The summed E-state index contributed by atoms with van der Waals surface area (Å²) in [5.41, 5.74) is 5.48. The Morgan fingerprint density at radius 2 is 2.33 bits per heavy atom. The highest BCUT2D eigenvalue weighted by molar-refractivity contribution is 4.69. The maximum atomic E-state index is 5.58. The molecule has 1 saturated heterocycles. The van der Waals surface area contributed by atoms with Crippen LogP contribution in [0.5, 0.6) is 0 Å². The summed E-state index contributed by atoms with van der Waals surface area (Å²) in [6, 6.07) is 0. The molecule has 0 radical (unpaired) electrons. The number of hydrazine groups is 1. The molecule has 9 heavy (non-hydrogen) atoms. The second-order valence-corrected chi connectivity index (χ2v) is 2.74. The van der Waals surface area contributed by atoms with Gasteiger partial charge in [-0.3, -0.25) is 5.84 Å². The van der Waals surface area contributed by atoms with Crippen molar-refractivity contribution in [2.45, 2.75) is 12.8 Å². The molecule has 1 rings (SSSR count). The van der Waals surface area contributed by atoms with Crippen LogP contribution < -0.4 is 11.6 Å². The fourth-order valence-corrected chi connectivity index (χ4v) is 1.29. The van der Waals surface area contributed by atoms with E-state index in [9.17, 15) is 0 Å². The third-order valence-corrected chi connectivity index (χ3v) is 1.88. The first-order chi connectivity index (χ1) is 4.33. The smallest absolute Gasteiger partial charge is 0.0169 e. The van der Waals surface area contributed by atoms with Crippen molar-refractivity contribution in [2.24, 2.45) is 17.5 Å². The van der Waals surface area contributed by atoms with Crippen LogP contribution in [0, 0.1) is 5.92 Å². The van der Waals surface area contributed by atoms with Gasteiger partial charge in [0.2, 0.25) is 0 Å². The Morgan fingerprint density at radius 3 is 2.78 bits per heavy atom. The Labute approximate surface area is 56.0 Å². The zero-order valence-electron chi connectivity index (χ0n) is 5.71. The summed E-state index contributed by atoms with van der Waals surface area (Å²) in [5, 5.41) is 1.86. The largest absolute Gasteiger partial charge is 0.330 e. The molecule has 0 bridgehead atoms. The maximum absolute atomic E-state index is 5.58. The first-order valence-corrected chi connectivity index (χ1v) is 3.52. The molecule has 0 spiro atoms. The summed E-state index contributed by atoms with van der Waals surface area (Å²) in [7, 11) is 0. The molecule has 1 heterocycles. The zero-order valence-corrected chi connectivity index (χ0v) is 5.71. The first-order valence-electron chi connectivity index (χ1n) is 3.52. The van der Waals surface area contributed by atoms with E-state index in [1.54, 1.807) is 0 Å². The van der Waals surface area contributed by atoms with Crippen LogP contribution in [-0.2, 0) is 0 Å². The molecule has 0 aliphatic carbocycles. The SMILES string of the molecule is NC[C@@H]1CCCN(N)C1. The Morgan fingerprint density at radius 1 is 1.56 bits per heavy atom. The topological polar surface area (TPSA) is 55.3 Å². The molecular weight excluding hydrogens is 114 g/mol. The summed E-state index contributed by atoms with van der Waals surface area (Å²) in [6.45, 7) is 2.81. The van der Waals surface area contributed by atoms with Gasteiger partial charge >= 0.3 is 0 Å². The summed E-state index contributed by atoms with van der Waals surface area (Å²) in [6.07, 6.45) is 2.46. The monoisotopic (exact) mass is 129 g/mol. The minimum Gasteiger partial charge on any atom is -0.330 e. The van der Waals surface area contributed by atoms with Crippen molar-refractivity contribution in [3.8, 4) is 0 Å². The third kappa shape index (κ3) is 1.93. The van der Waals surface area contributed by atoms with E-state index in [0.29, 0.717) is 5.92 Å². The fraction of sp³-hybridized carbons (Fsp3) is 1.00. The van der Waals surface area contributed by atoms with Gasteiger partial charge in [0.15, 0.2) is 0 Å². The molecule has 1 fully saturated rings. The minimum absolute atomic E-state index is 0.642. The quantitative estimate of drug-likeness (QED) is 0.471. The zero-order chi connectivity index (χ0) is 6.69. The van der Waals surface area contributed by atoms with Crippen molar-refractivity contribution in [1.82, 2.24) is 5.01 Å². The van der Waals surface area contributed by atoms with Crippen LogP contribution in [0.3, 0.4) is 0 Å². The third-order valence-electron chi connectivity index (χ3n) is 1.88. The lowest BCUT2D eigenvalue weighted by molar-refractivity contribution is 0.181. The van der Waals surface area contributed by atoms with E-state index in [4.69, 9.17) is 11.6 Å². The number of nitrogens with two attached hydrogens (primary N) is 2. The van der Waals surface area contributed by atoms with E-state index < -0.39 is 0 Å². The van der Waals surface area contributed by atoms with Gasteiger partial charge in [0.25, 0.3) is 0 Å². The van der Waals surface area contributed by atoms with Gasteiger partial charge in [0.05, 0.1) is 0 Å². The number of hydrogen-bond acceptors (Lipinski definition) is 3. The first kappa shape index (κ1) is 6.99. The van der Waals surface area contributed by atoms with Gasteiger partial charge in [-0.2, -0.15) is 0 Å². The molecule has 1 aliphatic heterocycles. The van der Waals surface area contributed by atoms with E-state index in [0.717, 1.165) is 19.6 Å². The maximum Gasteiger partial charge on any atom is 0.0169 e. The normalized spacial score (nSPS) is 30.7. The molecule has 1 aliphatic rings. The second-order valence-electron chi connectivity index (χ2n) is 2.74. The predicted octanol–water partition coefficient (Wildman–Crippen LogP) is -0.469.